The standard InChI is InChI=1S/C18H22O4/c1-4-21-16(19)18(17(20)22-5-2)12-13(3)11-15(18)14-9-7-6-8-10-14/h6-10,12,15H,4-5,11H2,1-3H3/t15-/m0/s1. The van der Waals surface area contributed by atoms with Gasteiger partial charge in [-0.3, -0.25) is 9.59 Å². The Labute approximate surface area is 131 Å². The topological polar surface area (TPSA) is 52.6 Å². The van der Waals surface area contributed by atoms with E-state index in [-0.39, 0.29) is 19.1 Å². The van der Waals surface area contributed by atoms with Crippen LogP contribution in [0.3, 0.4) is 0 Å². The summed E-state index contributed by atoms with van der Waals surface area (Å²) in [5, 5.41) is 0. The van der Waals surface area contributed by atoms with Gasteiger partial charge in [-0.25, -0.2) is 0 Å². The Balaban J connectivity index is 2.52. The van der Waals surface area contributed by atoms with E-state index in [2.05, 4.69) is 0 Å². The Bertz CT molecular complexity index is 556. The molecule has 0 aliphatic heterocycles. The third-order valence-corrected chi connectivity index (χ3v) is 3.98. The van der Waals surface area contributed by atoms with Crippen LogP contribution in [0.15, 0.2) is 42.0 Å². The minimum atomic E-state index is -1.38. The smallest absolute Gasteiger partial charge is 0.328 e. The van der Waals surface area contributed by atoms with Crippen LogP contribution in [0.4, 0.5) is 0 Å². The summed E-state index contributed by atoms with van der Waals surface area (Å²) < 4.78 is 10.4. The van der Waals surface area contributed by atoms with Crippen LogP contribution in [0.5, 0.6) is 0 Å². The predicted molar refractivity (Wildman–Crippen MR) is 83.3 cm³/mol. The molecule has 4 nitrogen and oxygen atoms in total. The molecule has 1 aromatic carbocycles. The molecule has 22 heavy (non-hydrogen) atoms. The van der Waals surface area contributed by atoms with E-state index in [0.717, 1.165) is 11.1 Å². The second-order valence-corrected chi connectivity index (χ2v) is 5.47. The van der Waals surface area contributed by atoms with E-state index in [1.54, 1.807) is 19.9 Å². The van der Waals surface area contributed by atoms with Gasteiger partial charge in [0.15, 0.2) is 5.41 Å². The third kappa shape index (κ3) is 2.78. The Morgan fingerprint density at radius 3 is 2.14 bits per heavy atom. The molecular formula is C18H22O4. The summed E-state index contributed by atoms with van der Waals surface area (Å²) in [6.45, 7) is 5.86. The molecule has 0 saturated heterocycles. The molecule has 1 aliphatic rings. The second kappa shape index (κ2) is 6.77. The van der Waals surface area contributed by atoms with Crippen LogP contribution in [0, 0.1) is 5.41 Å². The molecule has 0 fully saturated rings. The van der Waals surface area contributed by atoms with E-state index >= 15 is 0 Å². The number of ether oxygens (including phenoxy) is 2. The fourth-order valence-electron chi connectivity index (χ4n) is 3.08. The first-order valence-corrected chi connectivity index (χ1v) is 7.64. The molecule has 2 rings (SSSR count). The van der Waals surface area contributed by atoms with Gasteiger partial charge in [-0.15, -0.1) is 0 Å². The van der Waals surface area contributed by atoms with Crippen molar-refractivity contribution in [3.8, 4) is 0 Å². The summed E-state index contributed by atoms with van der Waals surface area (Å²) in [4.78, 5) is 25.3. The number of rotatable bonds is 5. The Kier molecular flexibility index (Phi) is 5.01. The molecule has 0 heterocycles. The van der Waals surface area contributed by atoms with Gasteiger partial charge in [0.1, 0.15) is 0 Å². The normalized spacial score (nSPS) is 19.4. The lowest BCUT2D eigenvalue weighted by Crippen LogP contribution is -2.43. The number of benzene rings is 1. The van der Waals surface area contributed by atoms with Crippen LogP contribution in [-0.4, -0.2) is 25.2 Å². The number of carbonyl (C=O) groups is 2. The fraction of sp³-hybridized carbons (Fsp3) is 0.444. The monoisotopic (exact) mass is 302 g/mol. The first kappa shape index (κ1) is 16.3. The van der Waals surface area contributed by atoms with Crippen LogP contribution in [0.2, 0.25) is 0 Å². The van der Waals surface area contributed by atoms with Crippen molar-refractivity contribution in [1.82, 2.24) is 0 Å². The van der Waals surface area contributed by atoms with Crippen molar-refractivity contribution in [1.29, 1.82) is 0 Å². The highest BCUT2D eigenvalue weighted by molar-refractivity contribution is 6.04. The van der Waals surface area contributed by atoms with Crippen LogP contribution >= 0.6 is 0 Å². The molecule has 0 aromatic heterocycles. The van der Waals surface area contributed by atoms with Crippen LogP contribution in [-0.2, 0) is 19.1 Å². The van der Waals surface area contributed by atoms with Gasteiger partial charge in [0.25, 0.3) is 0 Å². The zero-order valence-corrected chi connectivity index (χ0v) is 13.3. The first-order chi connectivity index (χ1) is 10.6. The van der Waals surface area contributed by atoms with E-state index < -0.39 is 17.4 Å². The molecule has 0 radical (unpaired) electrons. The molecule has 1 atom stereocenters. The minimum Gasteiger partial charge on any atom is -0.465 e. The van der Waals surface area contributed by atoms with E-state index in [1.165, 1.54) is 0 Å². The first-order valence-electron chi connectivity index (χ1n) is 7.64. The van der Waals surface area contributed by atoms with Crippen molar-refractivity contribution >= 4 is 11.9 Å². The lowest BCUT2D eigenvalue weighted by atomic mass is 9.74. The van der Waals surface area contributed by atoms with Gasteiger partial charge >= 0.3 is 11.9 Å². The van der Waals surface area contributed by atoms with Crippen LogP contribution in [0.25, 0.3) is 0 Å². The largest absolute Gasteiger partial charge is 0.465 e. The molecule has 0 spiro atoms. The SMILES string of the molecule is CCOC(=O)C1(C(=O)OCC)C=C(C)C[C@H]1c1ccccc1. The molecule has 0 N–H and O–H groups in total. The minimum absolute atomic E-state index is 0.231. The Hall–Kier alpha value is -2.10. The third-order valence-electron chi connectivity index (χ3n) is 3.98. The fourth-order valence-corrected chi connectivity index (χ4v) is 3.08. The maximum atomic E-state index is 12.6. The van der Waals surface area contributed by atoms with E-state index in [4.69, 9.17) is 9.47 Å². The zero-order valence-electron chi connectivity index (χ0n) is 13.3. The summed E-state index contributed by atoms with van der Waals surface area (Å²) in [5.74, 6) is -1.34. The highest BCUT2D eigenvalue weighted by Gasteiger charge is 2.56. The maximum Gasteiger partial charge on any atom is 0.328 e. The van der Waals surface area contributed by atoms with E-state index in [9.17, 15) is 9.59 Å². The van der Waals surface area contributed by atoms with Gasteiger partial charge in [0, 0.05) is 5.92 Å². The molecule has 0 unspecified atom stereocenters. The molecule has 0 amide bonds. The van der Waals surface area contributed by atoms with Crippen LogP contribution in [0.1, 0.15) is 38.7 Å². The van der Waals surface area contributed by atoms with Gasteiger partial charge in [-0.2, -0.15) is 0 Å². The van der Waals surface area contributed by atoms with Gasteiger partial charge in [-0.1, -0.05) is 42.0 Å². The quantitative estimate of drug-likeness (QED) is 0.476. The highest BCUT2D eigenvalue weighted by atomic mass is 16.6. The summed E-state index contributed by atoms with van der Waals surface area (Å²) in [5.41, 5.74) is 0.559. The molecule has 1 aromatic rings. The number of esters is 2. The molecular weight excluding hydrogens is 280 g/mol. The molecule has 0 saturated carbocycles. The van der Waals surface area contributed by atoms with Crippen molar-refractivity contribution in [3.63, 3.8) is 0 Å². The molecule has 118 valence electrons. The summed E-state index contributed by atoms with van der Waals surface area (Å²) in [6, 6.07) is 9.60. The average molecular weight is 302 g/mol. The summed E-state index contributed by atoms with van der Waals surface area (Å²) in [7, 11) is 0. The van der Waals surface area contributed by atoms with Crippen molar-refractivity contribution in [3.05, 3.63) is 47.5 Å². The van der Waals surface area contributed by atoms with Crippen molar-refractivity contribution in [2.75, 3.05) is 13.2 Å². The predicted octanol–water partition coefficient (Wildman–Crippen LogP) is 3.23. The number of hydrogen-bond acceptors (Lipinski definition) is 4. The summed E-state index contributed by atoms with van der Waals surface area (Å²) in [6.07, 6.45) is 2.36. The molecule has 0 bridgehead atoms. The zero-order chi connectivity index (χ0) is 16.2. The lowest BCUT2D eigenvalue weighted by Gasteiger charge is -2.30. The molecule has 4 heteroatoms. The van der Waals surface area contributed by atoms with Crippen molar-refractivity contribution in [2.24, 2.45) is 5.41 Å². The Morgan fingerprint density at radius 1 is 1.09 bits per heavy atom. The summed E-state index contributed by atoms with van der Waals surface area (Å²) >= 11 is 0. The van der Waals surface area contributed by atoms with E-state index in [1.807, 2.05) is 37.3 Å². The van der Waals surface area contributed by atoms with Gasteiger partial charge in [0.2, 0.25) is 0 Å². The van der Waals surface area contributed by atoms with Gasteiger partial charge < -0.3 is 9.47 Å². The van der Waals surface area contributed by atoms with E-state index in [0.29, 0.717) is 6.42 Å². The number of hydrogen-bond donors (Lipinski definition) is 0. The van der Waals surface area contributed by atoms with Gasteiger partial charge in [0.05, 0.1) is 13.2 Å². The highest BCUT2D eigenvalue weighted by Crippen LogP contribution is 2.49. The Morgan fingerprint density at radius 2 is 1.64 bits per heavy atom. The number of carbonyl (C=O) groups excluding carboxylic acids is 2. The second-order valence-electron chi connectivity index (χ2n) is 5.47. The lowest BCUT2D eigenvalue weighted by molar-refractivity contribution is -0.169. The van der Waals surface area contributed by atoms with Crippen LogP contribution < -0.4 is 0 Å². The number of allylic oxidation sites excluding steroid dienone is 1. The maximum absolute atomic E-state index is 12.6. The van der Waals surface area contributed by atoms with Crippen molar-refractivity contribution in [2.45, 2.75) is 33.1 Å². The van der Waals surface area contributed by atoms with Gasteiger partial charge in [-0.05, 0) is 32.8 Å². The van der Waals surface area contributed by atoms with Crippen molar-refractivity contribution < 1.29 is 19.1 Å². The average Bonchev–Trinajstić information content (AvgIpc) is 2.87. The molecule has 1 aliphatic carbocycles.